The molecule has 2 rings (SSSR count). The Morgan fingerprint density at radius 1 is 1.41 bits per heavy atom. The molecule has 0 radical (unpaired) electrons. The summed E-state index contributed by atoms with van der Waals surface area (Å²) in [5, 5.41) is 14.4. The molecule has 1 aliphatic rings. The Morgan fingerprint density at radius 2 is 2.07 bits per heavy atom. The van der Waals surface area contributed by atoms with E-state index in [1.54, 1.807) is 17.0 Å². The fourth-order valence-corrected chi connectivity index (χ4v) is 3.09. The SMILES string of the molecule is CCN(CC1CC(Nc2ccc(C=O)cc2[N+](=O)[O-])C1)C(=O)OC(C)(C)C. The molecular weight excluding hydrogens is 350 g/mol. The largest absolute Gasteiger partial charge is 0.444 e. The average Bonchev–Trinajstić information content (AvgIpc) is 2.54. The number of anilines is 1. The second-order valence-corrected chi connectivity index (χ2v) is 7.85. The Kier molecular flexibility index (Phi) is 6.41. The third kappa shape index (κ3) is 5.67. The van der Waals surface area contributed by atoms with Crippen molar-refractivity contribution in [1.82, 2.24) is 4.90 Å². The monoisotopic (exact) mass is 377 g/mol. The molecule has 1 fully saturated rings. The van der Waals surface area contributed by atoms with Gasteiger partial charge in [0.15, 0.2) is 0 Å². The highest BCUT2D eigenvalue weighted by Crippen LogP contribution is 2.34. The van der Waals surface area contributed by atoms with Crippen LogP contribution in [0.2, 0.25) is 0 Å². The molecule has 1 saturated carbocycles. The van der Waals surface area contributed by atoms with Crippen molar-refractivity contribution in [2.75, 3.05) is 18.4 Å². The predicted molar refractivity (Wildman–Crippen MR) is 102 cm³/mol. The number of benzene rings is 1. The molecule has 0 bridgehead atoms. The number of aldehydes is 1. The van der Waals surface area contributed by atoms with Crippen molar-refractivity contribution in [3.05, 3.63) is 33.9 Å². The molecule has 1 amide bonds. The number of nitro groups is 1. The second-order valence-electron chi connectivity index (χ2n) is 7.85. The molecule has 0 heterocycles. The summed E-state index contributed by atoms with van der Waals surface area (Å²) in [6.45, 7) is 8.61. The van der Waals surface area contributed by atoms with E-state index in [1.165, 1.54) is 6.07 Å². The summed E-state index contributed by atoms with van der Waals surface area (Å²) in [4.78, 5) is 35.4. The first kappa shape index (κ1) is 20.7. The van der Waals surface area contributed by atoms with E-state index in [0.717, 1.165) is 12.8 Å². The van der Waals surface area contributed by atoms with Crippen LogP contribution < -0.4 is 5.32 Å². The van der Waals surface area contributed by atoms with E-state index in [-0.39, 0.29) is 23.4 Å². The quantitative estimate of drug-likeness (QED) is 0.440. The van der Waals surface area contributed by atoms with Crippen LogP contribution in [0.15, 0.2) is 18.2 Å². The summed E-state index contributed by atoms with van der Waals surface area (Å²) in [6.07, 6.45) is 1.89. The normalized spacial score (nSPS) is 19.0. The molecule has 0 atom stereocenters. The van der Waals surface area contributed by atoms with Gasteiger partial charge in [0.2, 0.25) is 0 Å². The second kappa shape index (κ2) is 8.37. The van der Waals surface area contributed by atoms with Gasteiger partial charge in [-0.05, 0) is 58.6 Å². The molecule has 8 nitrogen and oxygen atoms in total. The smallest absolute Gasteiger partial charge is 0.410 e. The Labute approximate surface area is 159 Å². The molecule has 0 spiro atoms. The fraction of sp³-hybridized carbons (Fsp3) is 0.579. The van der Waals surface area contributed by atoms with Gasteiger partial charge in [0.1, 0.15) is 17.6 Å². The van der Waals surface area contributed by atoms with Crippen LogP contribution in [0.3, 0.4) is 0 Å². The first-order valence-corrected chi connectivity index (χ1v) is 9.11. The zero-order valence-electron chi connectivity index (χ0n) is 16.2. The summed E-state index contributed by atoms with van der Waals surface area (Å²) >= 11 is 0. The molecule has 0 saturated heterocycles. The number of nitro benzene ring substituents is 1. The van der Waals surface area contributed by atoms with Crippen LogP contribution in [0, 0.1) is 16.0 Å². The molecule has 148 valence electrons. The van der Waals surface area contributed by atoms with Crippen LogP contribution in [0.25, 0.3) is 0 Å². The molecular formula is C19H27N3O5. The van der Waals surface area contributed by atoms with Gasteiger partial charge in [-0.3, -0.25) is 14.9 Å². The van der Waals surface area contributed by atoms with Gasteiger partial charge in [-0.25, -0.2) is 4.79 Å². The number of amides is 1. The molecule has 1 aliphatic carbocycles. The highest BCUT2D eigenvalue weighted by molar-refractivity contribution is 5.79. The summed E-state index contributed by atoms with van der Waals surface area (Å²) in [6, 6.07) is 4.49. The van der Waals surface area contributed by atoms with Crippen molar-refractivity contribution in [3.63, 3.8) is 0 Å². The molecule has 1 aromatic carbocycles. The van der Waals surface area contributed by atoms with Crippen LogP contribution >= 0.6 is 0 Å². The van der Waals surface area contributed by atoms with Crippen LogP contribution in [0.5, 0.6) is 0 Å². The van der Waals surface area contributed by atoms with Crippen LogP contribution in [0.1, 0.15) is 50.9 Å². The van der Waals surface area contributed by atoms with E-state index in [4.69, 9.17) is 4.74 Å². The van der Waals surface area contributed by atoms with Gasteiger partial charge in [-0.2, -0.15) is 0 Å². The molecule has 0 aliphatic heterocycles. The van der Waals surface area contributed by atoms with E-state index in [2.05, 4.69) is 5.32 Å². The van der Waals surface area contributed by atoms with Crippen molar-refractivity contribution < 1.29 is 19.2 Å². The van der Waals surface area contributed by atoms with E-state index in [1.807, 2.05) is 27.7 Å². The zero-order valence-corrected chi connectivity index (χ0v) is 16.2. The van der Waals surface area contributed by atoms with Gasteiger partial charge in [0.05, 0.1) is 4.92 Å². The standard InChI is InChI=1S/C19H27N3O5/c1-5-21(18(24)27-19(2,3)4)11-14-8-15(9-14)20-16-7-6-13(12-23)10-17(16)22(25)26/h6-7,10,12,14-15,20H,5,8-9,11H2,1-4H3. The highest BCUT2D eigenvalue weighted by Gasteiger charge is 2.33. The lowest BCUT2D eigenvalue weighted by atomic mass is 9.79. The highest BCUT2D eigenvalue weighted by atomic mass is 16.6. The van der Waals surface area contributed by atoms with Crippen molar-refractivity contribution in [2.45, 2.75) is 52.2 Å². The van der Waals surface area contributed by atoms with Gasteiger partial charge in [0.25, 0.3) is 5.69 Å². The van der Waals surface area contributed by atoms with Crippen LogP contribution in [0.4, 0.5) is 16.2 Å². The van der Waals surface area contributed by atoms with E-state index < -0.39 is 10.5 Å². The number of ether oxygens (including phenoxy) is 1. The first-order chi connectivity index (χ1) is 12.6. The number of hydrogen-bond donors (Lipinski definition) is 1. The van der Waals surface area contributed by atoms with E-state index in [9.17, 15) is 19.7 Å². The Bertz CT molecular complexity index is 708. The molecule has 0 aromatic heterocycles. The third-order valence-electron chi connectivity index (χ3n) is 4.46. The summed E-state index contributed by atoms with van der Waals surface area (Å²) in [7, 11) is 0. The van der Waals surface area contributed by atoms with Gasteiger partial charge in [-0.1, -0.05) is 0 Å². The minimum atomic E-state index is -0.527. The number of hydrogen-bond acceptors (Lipinski definition) is 6. The van der Waals surface area contributed by atoms with Gasteiger partial charge < -0.3 is 15.0 Å². The molecule has 1 N–H and O–H groups in total. The summed E-state index contributed by atoms with van der Waals surface area (Å²) < 4.78 is 5.41. The minimum absolute atomic E-state index is 0.105. The topological polar surface area (TPSA) is 102 Å². The maximum absolute atomic E-state index is 12.2. The van der Waals surface area contributed by atoms with Crippen molar-refractivity contribution in [3.8, 4) is 0 Å². The molecule has 0 unspecified atom stereocenters. The number of carbonyl (C=O) groups is 2. The number of carbonyl (C=O) groups excluding carboxylic acids is 2. The van der Waals surface area contributed by atoms with Gasteiger partial charge in [0, 0.05) is 30.8 Å². The Morgan fingerprint density at radius 3 is 2.59 bits per heavy atom. The van der Waals surface area contributed by atoms with Crippen molar-refractivity contribution in [2.24, 2.45) is 5.92 Å². The summed E-state index contributed by atoms with van der Waals surface area (Å²) in [5.41, 5.74) is 0.0519. The van der Waals surface area contributed by atoms with Crippen LogP contribution in [-0.2, 0) is 4.74 Å². The average molecular weight is 377 g/mol. The zero-order chi connectivity index (χ0) is 20.2. The molecule has 8 heteroatoms. The number of nitrogens with zero attached hydrogens (tertiary/aromatic N) is 2. The lowest BCUT2D eigenvalue weighted by Gasteiger charge is -2.39. The number of nitrogens with one attached hydrogen (secondary N) is 1. The van der Waals surface area contributed by atoms with Gasteiger partial charge >= 0.3 is 6.09 Å². The molecule has 1 aromatic rings. The maximum Gasteiger partial charge on any atom is 0.410 e. The summed E-state index contributed by atoms with van der Waals surface area (Å²) in [5.74, 6) is 0.322. The number of rotatable bonds is 7. The van der Waals surface area contributed by atoms with Crippen molar-refractivity contribution >= 4 is 23.8 Å². The van der Waals surface area contributed by atoms with Crippen molar-refractivity contribution in [1.29, 1.82) is 0 Å². The lowest BCUT2D eigenvalue weighted by Crippen LogP contribution is -2.45. The van der Waals surface area contributed by atoms with Crippen LogP contribution in [-0.4, -0.2) is 46.9 Å². The minimum Gasteiger partial charge on any atom is -0.444 e. The van der Waals surface area contributed by atoms with Gasteiger partial charge in [-0.15, -0.1) is 0 Å². The molecule has 27 heavy (non-hydrogen) atoms. The Hall–Kier alpha value is -2.64. The van der Waals surface area contributed by atoms with E-state index >= 15 is 0 Å². The predicted octanol–water partition coefficient (Wildman–Crippen LogP) is 3.85. The van der Waals surface area contributed by atoms with E-state index in [0.29, 0.717) is 31.0 Å². The maximum atomic E-state index is 12.2. The Balaban J connectivity index is 1.90. The third-order valence-corrected chi connectivity index (χ3v) is 4.46. The fourth-order valence-electron chi connectivity index (χ4n) is 3.09. The first-order valence-electron chi connectivity index (χ1n) is 9.11. The lowest BCUT2D eigenvalue weighted by molar-refractivity contribution is -0.384.